The number of hydrogen-bond acceptors (Lipinski definition) is 1. The van der Waals surface area contributed by atoms with Crippen molar-refractivity contribution in [2.24, 2.45) is 0 Å². The minimum absolute atomic E-state index is 0.120. The van der Waals surface area contributed by atoms with Crippen molar-refractivity contribution in [2.75, 3.05) is 0 Å². The summed E-state index contributed by atoms with van der Waals surface area (Å²) in [7, 11) is -1.42. The topological polar surface area (TPSA) is 17.1 Å². The Morgan fingerprint density at radius 3 is 2.35 bits per heavy atom. The summed E-state index contributed by atoms with van der Waals surface area (Å²) in [4.78, 5) is 12.6. The molecular formula is C18H20OSi. The molecule has 1 aromatic rings. The van der Waals surface area contributed by atoms with E-state index in [9.17, 15) is 4.79 Å². The monoisotopic (exact) mass is 280 g/mol. The van der Waals surface area contributed by atoms with Gasteiger partial charge >= 0.3 is 0 Å². The molecule has 0 fully saturated rings. The number of carbonyl (C=O) groups excluding carboxylic acids is 1. The maximum absolute atomic E-state index is 12.6. The van der Waals surface area contributed by atoms with E-state index in [4.69, 9.17) is 0 Å². The van der Waals surface area contributed by atoms with E-state index in [-0.39, 0.29) is 5.78 Å². The number of benzene rings is 1. The lowest BCUT2D eigenvalue weighted by atomic mass is 9.91. The highest BCUT2D eigenvalue weighted by atomic mass is 28.3. The summed E-state index contributed by atoms with van der Waals surface area (Å²) in [6.07, 6.45) is 5.65. The SMILES string of the molecule is C[Si](C)(C)C#CC1=C(C(=O)c2ccccc2)CC=CC1. The molecule has 0 radical (unpaired) electrons. The van der Waals surface area contributed by atoms with Gasteiger partial charge < -0.3 is 0 Å². The van der Waals surface area contributed by atoms with Crippen LogP contribution >= 0.6 is 0 Å². The van der Waals surface area contributed by atoms with E-state index in [1.54, 1.807) is 0 Å². The van der Waals surface area contributed by atoms with Crippen LogP contribution in [0.25, 0.3) is 0 Å². The van der Waals surface area contributed by atoms with Crippen LogP contribution in [0, 0.1) is 11.5 Å². The highest BCUT2D eigenvalue weighted by Gasteiger charge is 2.17. The molecule has 0 heterocycles. The molecule has 0 bridgehead atoms. The number of hydrogen-bond donors (Lipinski definition) is 0. The maximum atomic E-state index is 12.6. The Hall–Kier alpha value is -1.85. The van der Waals surface area contributed by atoms with Crippen LogP contribution in [0.3, 0.4) is 0 Å². The van der Waals surface area contributed by atoms with Crippen LogP contribution in [-0.4, -0.2) is 13.9 Å². The summed E-state index contributed by atoms with van der Waals surface area (Å²) in [5.41, 5.74) is 6.00. The quantitative estimate of drug-likeness (QED) is 0.340. The summed E-state index contributed by atoms with van der Waals surface area (Å²) in [6, 6.07) is 9.48. The number of carbonyl (C=O) groups is 1. The normalized spacial score (nSPS) is 14.8. The molecule has 0 amide bonds. The first-order valence-electron chi connectivity index (χ1n) is 6.97. The lowest BCUT2D eigenvalue weighted by Gasteiger charge is -2.12. The number of Topliss-reactive ketones (excluding diaryl/α,β-unsaturated/α-hetero) is 1. The van der Waals surface area contributed by atoms with Gasteiger partial charge in [0.25, 0.3) is 0 Å². The Morgan fingerprint density at radius 1 is 1.05 bits per heavy atom. The standard InChI is InChI=1S/C18H20OSi/c1-20(2,3)14-13-15-9-7-8-12-17(15)18(19)16-10-5-4-6-11-16/h4-8,10-11H,9,12H2,1-3H3. The first kappa shape index (κ1) is 14.6. The van der Waals surface area contributed by atoms with Crippen molar-refractivity contribution in [3.05, 3.63) is 59.2 Å². The summed E-state index contributed by atoms with van der Waals surface area (Å²) in [6.45, 7) is 6.66. The second kappa shape index (κ2) is 6.07. The molecule has 0 spiro atoms. The third-order valence-corrected chi connectivity index (χ3v) is 3.95. The van der Waals surface area contributed by atoms with Gasteiger partial charge in [-0.2, -0.15) is 0 Å². The minimum atomic E-state index is -1.42. The number of allylic oxidation sites excluding steroid dienone is 4. The molecule has 0 saturated carbocycles. The van der Waals surface area contributed by atoms with Crippen LogP contribution in [0.15, 0.2) is 53.6 Å². The molecule has 0 aliphatic heterocycles. The molecule has 1 aliphatic carbocycles. The van der Waals surface area contributed by atoms with Gasteiger partial charge in [-0.05, 0) is 12.8 Å². The number of rotatable bonds is 2. The van der Waals surface area contributed by atoms with E-state index < -0.39 is 8.07 Å². The summed E-state index contributed by atoms with van der Waals surface area (Å²) in [5.74, 6) is 3.40. The van der Waals surface area contributed by atoms with Crippen LogP contribution in [-0.2, 0) is 0 Å². The van der Waals surface area contributed by atoms with Crippen molar-refractivity contribution in [1.82, 2.24) is 0 Å². The first-order chi connectivity index (χ1) is 9.47. The second-order valence-electron chi connectivity index (χ2n) is 6.03. The predicted molar refractivity (Wildman–Crippen MR) is 87.3 cm³/mol. The van der Waals surface area contributed by atoms with E-state index in [0.717, 1.165) is 23.1 Å². The number of ketones is 1. The lowest BCUT2D eigenvalue weighted by Crippen LogP contribution is -2.17. The molecular weight excluding hydrogens is 260 g/mol. The molecule has 2 rings (SSSR count). The van der Waals surface area contributed by atoms with E-state index in [0.29, 0.717) is 6.42 Å². The molecule has 20 heavy (non-hydrogen) atoms. The molecule has 1 nitrogen and oxygen atoms in total. The van der Waals surface area contributed by atoms with Crippen molar-refractivity contribution < 1.29 is 4.79 Å². The highest BCUT2D eigenvalue weighted by Crippen LogP contribution is 2.23. The van der Waals surface area contributed by atoms with Crippen molar-refractivity contribution in [2.45, 2.75) is 32.5 Å². The fraction of sp³-hybridized carbons (Fsp3) is 0.278. The lowest BCUT2D eigenvalue weighted by molar-refractivity contribution is 0.103. The first-order valence-corrected chi connectivity index (χ1v) is 10.5. The van der Waals surface area contributed by atoms with Crippen LogP contribution in [0.2, 0.25) is 19.6 Å². The van der Waals surface area contributed by atoms with Gasteiger partial charge in [-0.25, -0.2) is 0 Å². The maximum Gasteiger partial charge on any atom is 0.190 e. The van der Waals surface area contributed by atoms with E-state index in [1.807, 2.05) is 30.3 Å². The zero-order valence-corrected chi connectivity index (χ0v) is 13.4. The Balaban J connectivity index is 2.36. The van der Waals surface area contributed by atoms with Gasteiger partial charge in [-0.3, -0.25) is 4.79 Å². The molecule has 2 heteroatoms. The van der Waals surface area contributed by atoms with Crippen molar-refractivity contribution >= 4 is 13.9 Å². The van der Waals surface area contributed by atoms with Crippen molar-refractivity contribution in [1.29, 1.82) is 0 Å². The van der Waals surface area contributed by atoms with E-state index in [1.165, 1.54) is 0 Å². The average molecular weight is 280 g/mol. The molecule has 0 unspecified atom stereocenters. The van der Waals surface area contributed by atoms with Gasteiger partial charge in [0, 0.05) is 16.7 Å². The molecule has 0 N–H and O–H groups in total. The van der Waals surface area contributed by atoms with Crippen LogP contribution in [0.5, 0.6) is 0 Å². The smallest absolute Gasteiger partial charge is 0.190 e. The zero-order chi connectivity index (χ0) is 14.6. The summed E-state index contributed by atoms with van der Waals surface area (Å²) >= 11 is 0. The third kappa shape index (κ3) is 3.82. The van der Waals surface area contributed by atoms with Gasteiger partial charge in [-0.15, -0.1) is 5.54 Å². The van der Waals surface area contributed by atoms with E-state index in [2.05, 4.69) is 43.3 Å². The largest absolute Gasteiger partial charge is 0.289 e. The predicted octanol–water partition coefficient (Wildman–Crippen LogP) is 4.40. The van der Waals surface area contributed by atoms with E-state index >= 15 is 0 Å². The average Bonchev–Trinajstić information content (AvgIpc) is 2.45. The van der Waals surface area contributed by atoms with Gasteiger partial charge in [-0.1, -0.05) is 68.0 Å². The molecule has 1 aromatic carbocycles. The van der Waals surface area contributed by atoms with Gasteiger partial charge in [0.1, 0.15) is 8.07 Å². The summed E-state index contributed by atoms with van der Waals surface area (Å²) in [5, 5.41) is 0. The third-order valence-electron chi connectivity index (χ3n) is 3.07. The van der Waals surface area contributed by atoms with Crippen LogP contribution < -0.4 is 0 Å². The molecule has 102 valence electrons. The molecule has 1 aliphatic rings. The summed E-state index contributed by atoms with van der Waals surface area (Å²) < 4.78 is 0. The minimum Gasteiger partial charge on any atom is -0.289 e. The zero-order valence-electron chi connectivity index (χ0n) is 12.4. The fourth-order valence-corrected chi connectivity index (χ4v) is 2.56. The Morgan fingerprint density at radius 2 is 1.70 bits per heavy atom. The van der Waals surface area contributed by atoms with Crippen molar-refractivity contribution in [3.63, 3.8) is 0 Å². The van der Waals surface area contributed by atoms with Crippen LogP contribution in [0.4, 0.5) is 0 Å². The molecule has 0 aromatic heterocycles. The van der Waals surface area contributed by atoms with Gasteiger partial charge in [0.2, 0.25) is 0 Å². The van der Waals surface area contributed by atoms with Crippen molar-refractivity contribution in [3.8, 4) is 11.5 Å². The Kier molecular flexibility index (Phi) is 4.41. The fourth-order valence-electron chi connectivity index (χ4n) is 2.03. The molecule has 0 atom stereocenters. The Labute approximate surface area is 122 Å². The highest BCUT2D eigenvalue weighted by molar-refractivity contribution is 6.83. The van der Waals surface area contributed by atoms with Gasteiger partial charge in [0.15, 0.2) is 5.78 Å². The van der Waals surface area contributed by atoms with Gasteiger partial charge in [0.05, 0.1) is 0 Å². The second-order valence-corrected chi connectivity index (χ2v) is 10.8. The molecule has 0 saturated heterocycles. The van der Waals surface area contributed by atoms with Crippen LogP contribution in [0.1, 0.15) is 23.2 Å². The Bertz CT molecular complexity index is 619.